The number of ether oxygens (including phenoxy) is 1. The van der Waals surface area contributed by atoms with Crippen LogP contribution in [0, 0.1) is 12.8 Å². The van der Waals surface area contributed by atoms with Crippen LogP contribution in [0.3, 0.4) is 0 Å². The van der Waals surface area contributed by atoms with E-state index in [1.165, 1.54) is 5.56 Å². The molecule has 0 bridgehead atoms. The van der Waals surface area contributed by atoms with Crippen molar-refractivity contribution in [3.8, 4) is 5.75 Å². The number of likely N-dealkylation sites (tertiary alicyclic amines) is 1. The van der Waals surface area contributed by atoms with Crippen molar-refractivity contribution in [3.05, 3.63) is 46.5 Å². The van der Waals surface area contributed by atoms with E-state index in [1.807, 2.05) is 12.1 Å². The maximum Gasteiger partial charge on any atom is 0.225 e. The number of nitrogens with zero attached hydrogens (tertiary/aromatic N) is 2. The molecule has 2 aromatic rings. The molecule has 3 heterocycles. The molecule has 6 nitrogen and oxygen atoms in total. The van der Waals surface area contributed by atoms with E-state index in [0.717, 1.165) is 67.5 Å². The number of aromatic nitrogens is 2. The number of amides is 1. The molecule has 0 aliphatic carbocycles. The number of H-pyrrole nitrogens is 1. The zero-order valence-electron chi connectivity index (χ0n) is 17.0. The SMILES string of the molecule is CCc1nc([C@@H]2CN(C)C[C@H]2C(=O)NCc2ccc3c(c2)CCCO3)c(C)[nH]1. The van der Waals surface area contributed by atoms with E-state index in [-0.39, 0.29) is 17.7 Å². The number of hydrogen-bond acceptors (Lipinski definition) is 4. The zero-order valence-corrected chi connectivity index (χ0v) is 17.0. The van der Waals surface area contributed by atoms with Gasteiger partial charge in [-0.25, -0.2) is 4.98 Å². The number of carbonyl (C=O) groups excluding carboxylic acids is 1. The fraction of sp³-hybridized carbons (Fsp3) is 0.545. The molecule has 2 aliphatic heterocycles. The van der Waals surface area contributed by atoms with Gasteiger partial charge in [0.05, 0.1) is 18.2 Å². The second-order valence-corrected chi connectivity index (χ2v) is 8.09. The molecule has 4 rings (SSSR count). The number of imidazole rings is 1. The molecule has 1 amide bonds. The lowest BCUT2D eigenvalue weighted by molar-refractivity contribution is -0.125. The van der Waals surface area contributed by atoms with Gasteiger partial charge in [-0.1, -0.05) is 19.1 Å². The first kappa shape index (κ1) is 19.0. The summed E-state index contributed by atoms with van der Waals surface area (Å²) in [6, 6.07) is 6.24. The maximum absolute atomic E-state index is 13.0. The van der Waals surface area contributed by atoms with Crippen LogP contribution in [0.4, 0.5) is 0 Å². The van der Waals surface area contributed by atoms with Crippen LogP contribution in [0.25, 0.3) is 0 Å². The molecule has 2 atom stereocenters. The van der Waals surface area contributed by atoms with Gasteiger partial charge in [0.15, 0.2) is 0 Å². The first-order chi connectivity index (χ1) is 13.5. The predicted molar refractivity (Wildman–Crippen MR) is 109 cm³/mol. The van der Waals surface area contributed by atoms with E-state index >= 15 is 0 Å². The van der Waals surface area contributed by atoms with Crippen molar-refractivity contribution in [2.24, 2.45) is 5.92 Å². The van der Waals surface area contributed by atoms with E-state index in [9.17, 15) is 4.79 Å². The minimum absolute atomic E-state index is 0.0716. The quantitative estimate of drug-likeness (QED) is 0.834. The Morgan fingerprint density at radius 1 is 1.39 bits per heavy atom. The molecule has 0 radical (unpaired) electrons. The van der Waals surface area contributed by atoms with Crippen LogP contribution < -0.4 is 10.1 Å². The van der Waals surface area contributed by atoms with Gasteiger partial charge in [-0.2, -0.15) is 0 Å². The number of rotatable bonds is 5. The van der Waals surface area contributed by atoms with Crippen molar-refractivity contribution < 1.29 is 9.53 Å². The second-order valence-electron chi connectivity index (χ2n) is 8.09. The van der Waals surface area contributed by atoms with E-state index in [2.05, 4.69) is 42.2 Å². The van der Waals surface area contributed by atoms with Gasteiger partial charge in [-0.15, -0.1) is 0 Å². The fourth-order valence-electron chi connectivity index (χ4n) is 4.45. The Morgan fingerprint density at radius 2 is 2.25 bits per heavy atom. The van der Waals surface area contributed by atoms with Gasteiger partial charge in [0.1, 0.15) is 11.6 Å². The summed E-state index contributed by atoms with van der Waals surface area (Å²) >= 11 is 0. The number of nitrogens with one attached hydrogen (secondary N) is 2. The van der Waals surface area contributed by atoms with E-state index in [0.29, 0.717) is 6.54 Å². The number of likely N-dealkylation sites (N-methyl/N-ethyl adjacent to an activating group) is 1. The average molecular weight is 383 g/mol. The average Bonchev–Trinajstić information content (AvgIpc) is 3.28. The van der Waals surface area contributed by atoms with Crippen LogP contribution in [0.2, 0.25) is 0 Å². The first-order valence-electron chi connectivity index (χ1n) is 10.3. The summed E-state index contributed by atoms with van der Waals surface area (Å²) in [6.07, 6.45) is 2.98. The van der Waals surface area contributed by atoms with Crippen LogP contribution in [0.1, 0.15) is 47.6 Å². The monoisotopic (exact) mass is 382 g/mol. The minimum Gasteiger partial charge on any atom is -0.493 e. The molecule has 1 aromatic heterocycles. The topological polar surface area (TPSA) is 70.2 Å². The smallest absolute Gasteiger partial charge is 0.225 e. The van der Waals surface area contributed by atoms with Gasteiger partial charge in [-0.3, -0.25) is 4.79 Å². The van der Waals surface area contributed by atoms with Crippen LogP contribution in [0.15, 0.2) is 18.2 Å². The Kier molecular flexibility index (Phi) is 5.40. The molecule has 1 aromatic carbocycles. The summed E-state index contributed by atoms with van der Waals surface area (Å²) < 4.78 is 5.68. The Morgan fingerprint density at radius 3 is 3.04 bits per heavy atom. The maximum atomic E-state index is 13.0. The molecular weight excluding hydrogens is 352 g/mol. The molecule has 150 valence electrons. The first-order valence-corrected chi connectivity index (χ1v) is 10.3. The molecule has 0 spiro atoms. The van der Waals surface area contributed by atoms with Crippen LogP contribution in [-0.2, 0) is 24.2 Å². The van der Waals surface area contributed by atoms with Gasteiger partial charge >= 0.3 is 0 Å². The van der Waals surface area contributed by atoms with Gasteiger partial charge in [0.25, 0.3) is 0 Å². The summed E-state index contributed by atoms with van der Waals surface area (Å²) in [5.41, 5.74) is 4.51. The highest BCUT2D eigenvalue weighted by atomic mass is 16.5. The number of aromatic amines is 1. The molecule has 1 saturated heterocycles. The highest BCUT2D eigenvalue weighted by molar-refractivity contribution is 5.80. The third-order valence-electron chi connectivity index (χ3n) is 5.94. The summed E-state index contributed by atoms with van der Waals surface area (Å²) in [5, 5.41) is 3.16. The Bertz CT molecular complexity index is 860. The van der Waals surface area contributed by atoms with Crippen molar-refractivity contribution in [2.75, 3.05) is 26.7 Å². The number of fused-ring (bicyclic) bond motifs is 1. The largest absolute Gasteiger partial charge is 0.493 e. The third-order valence-corrected chi connectivity index (χ3v) is 5.94. The zero-order chi connectivity index (χ0) is 19.7. The molecule has 28 heavy (non-hydrogen) atoms. The van der Waals surface area contributed by atoms with Gasteiger partial charge < -0.3 is 19.9 Å². The number of carbonyl (C=O) groups is 1. The van der Waals surface area contributed by atoms with Crippen LogP contribution >= 0.6 is 0 Å². The lowest BCUT2D eigenvalue weighted by atomic mass is 9.91. The fourth-order valence-corrected chi connectivity index (χ4v) is 4.45. The molecule has 0 unspecified atom stereocenters. The third kappa shape index (κ3) is 3.78. The summed E-state index contributed by atoms with van der Waals surface area (Å²) in [4.78, 5) is 23.4. The van der Waals surface area contributed by atoms with E-state index in [1.54, 1.807) is 0 Å². The molecular formula is C22H30N4O2. The van der Waals surface area contributed by atoms with Crippen LogP contribution in [0.5, 0.6) is 5.75 Å². The molecule has 6 heteroatoms. The standard InChI is InChI=1S/C22H30N4O2/c1-4-20-24-14(2)21(25-20)17-12-26(3)13-18(17)22(27)23-11-15-7-8-19-16(10-15)6-5-9-28-19/h7-8,10,17-18H,4-6,9,11-13H2,1-3H3,(H,23,27)(H,24,25)/t17-,18-/m1/s1. The molecule has 0 saturated carbocycles. The van der Waals surface area contributed by atoms with Crippen LogP contribution in [-0.4, -0.2) is 47.5 Å². The Labute approximate surface area is 166 Å². The molecule has 1 fully saturated rings. The van der Waals surface area contributed by atoms with Gasteiger partial charge in [0.2, 0.25) is 5.91 Å². The highest BCUT2D eigenvalue weighted by Gasteiger charge is 2.39. The Hall–Kier alpha value is -2.34. The summed E-state index contributed by atoms with van der Waals surface area (Å²) in [6.45, 7) is 7.14. The summed E-state index contributed by atoms with van der Waals surface area (Å²) in [7, 11) is 2.08. The van der Waals surface area contributed by atoms with Crippen molar-refractivity contribution in [1.29, 1.82) is 0 Å². The lowest BCUT2D eigenvalue weighted by Gasteiger charge is -2.19. The molecule has 2 aliphatic rings. The van der Waals surface area contributed by atoms with E-state index < -0.39 is 0 Å². The minimum atomic E-state index is -0.0716. The lowest BCUT2D eigenvalue weighted by Crippen LogP contribution is -2.34. The highest BCUT2D eigenvalue weighted by Crippen LogP contribution is 2.33. The predicted octanol–water partition coefficient (Wildman–Crippen LogP) is 2.57. The van der Waals surface area contributed by atoms with Crippen molar-refractivity contribution >= 4 is 5.91 Å². The molecule has 2 N–H and O–H groups in total. The normalized spacial score (nSPS) is 22.0. The number of hydrogen-bond donors (Lipinski definition) is 2. The second kappa shape index (κ2) is 7.95. The van der Waals surface area contributed by atoms with E-state index in [4.69, 9.17) is 9.72 Å². The van der Waals surface area contributed by atoms with Crippen molar-refractivity contribution in [2.45, 2.75) is 45.6 Å². The Balaban J connectivity index is 1.45. The van der Waals surface area contributed by atoms with Crippen molar-refractivity contribution in [3.63, 3.8) is 0 Å². The number of benzene rings is 1. The van der Waals surface area contributed by atoms with Gasteiger partial charge in [-0.05, 0) is 44.0 Å². The summed E-state index contributed by atoms with van der Waals surface area (Å²) in [5.74, 6) is 2.16. The number of aryl methyl sites for hydroxylation is 3. The van der Waals surface area contributed by atoms with Gasteiger partial charge in [0, 0.05) is 37.7 Å². The van der Waals surface area contributed by atoms with Crippen molar-refractivity contribution in [1.82, 2.24) is 20.2 Å².